The molecule has 0 unspecified atom stereocenters. The molecule has 0 heterocycles. The van der Waals surface area contributed by atoms with Crippen LogP contribution in [0.15, 0.2) is 24.3 Å². The van der Waals surface area contributed by atoms with Crippen LogP contribution in [0.4, 0.5) is 0 Å². The first-order valence-electron chi connectivity index (χ1n) is 5.44. The lowest BCUT2D eigenvalue weighted by atomic mass is 9.42. The third-order valence-corrected chi connectivity index (χ3v) is 5.08. The molecule has 0 radical (unpaired) electrons. The summed E-state index contributed by atoms with van der Waals surface area (Å²) in [5.41, 5.74) is 3.66. The smallest absolute Gasteiger partial charge is 0.0247 e. The van der Waals surface area contributed by atoms with Crippen molar-refractivity contribution < 1.29 is 0 Å². The highest BCUT2D eigenvalue weighted by molar-refractivity contribution is 14.1. The van der Waals surface area contributed by atoms with Crippen molar-refractivity contribution in [3.63, 3.8) is 0 Å². The van der Waals surface area contributed by atoms with Gasteiger partial charge in [-0.2, -0.15) is 0 Å². The van der Waals surface area contributed by atoms with Crippen LogP contribution in [-0.4, -0.2) is 3.42 Å². The summed E-state index contributed by atoms with van der Waals surface area (Å²) in [4.78, 5) is 0. The highest BCUT2D eigenvalue weighted by atomic mass is 127. The van der Waals surface area contributed by atoms with Crippen LogP contribution in [0.3, 0.4) is 0 Å². The van der Waals surface area contributed by atoms with Crippen LogP contribution in [0.5, 0.6) is 0 Å². The van der Waals surface area contributed by atoms with Crippen LogP contribution in [-0.2, 0) is 11.8 Å². The molecule has 0 N–H and O–H groups in total. The quantitative estimate of drug-likeness (QED) is 0.574. The van der Waals surface area contributed by atoms with E-state index in [-0.39, 0.29) is 0 Å². The zero-order valence-electron chi connectivity index (χ0n) is 8.52. The van der Waals surface area contributed by atoms with Crippen LogP contribution in [0.1, 0.15) is 37.3 Å². The van der Waals surface area contributed by atoms with Gasteiger partial charge in [-0.15, -0.1) is 0 Å². The van der Waals surface area contributed by atoms with E-state index in [0.717, 1.165) is 6.42 Å². The van der Waals surface area contributed by atoms with Gasteiger partial charge in [0.05, 0.1) is 0 Å². The standard InChI is InChI=1S/C13H15I/c1-2-10-3-5-11(6-4-10)12-7-13(14,8-12)9-12/h3-6H,2,7-9H2,1H3. The minimum Gasteiger partial charge on any atom is -0.0788 e. The van der Waals surface area contributed by atoms with Gasteiger partial charge in [-0.3, -0.25) is 0 Å². The molecule has 1 heteroatoms. The van der Waals surface area contributed by atoms with E-state index in [1.807, 2.05) is 0 Å². The van der Waals surface area contributed by atoms with Crippen molar-refractivity contribution >= 4 is 22.6 Å². The Morgan fingerprint density at radius 2 is 1.71 bits per heavy atom. The first kappa shape index (κ1) is 9.20. The van der Waals surface area contributed by atoms with Gasteiger partial charge in [-0.05, 0) is 42.2 Å². The fraction of sp³-hybridized carbons (Fsp3) is 0.538. The van der Waals surface area contributed by atoms with Gasteiger partial charge in [-0.25, -0.2) is 0 Å². The molecule has 74 valence electrons. The highest BCUT2D eigenvalue weighted by Gasteiger charge is 2.66. The number of aryl methyl sites for hydroxylation is 1. The molecule has 1 aromatic carbocycles. The van der Waals surface area contributed by atoms with Gasteiger partial charge in [0, 0.05) is 3.42 Å². The summed E-state index contributed by atoms with van der Waals surface area (Å²) in [7, 11) is 0. The van der Waals surface area contributed by atoms with E-state index in [4.69, 9.17) is 0 Å². The minimum absolute atomic E-state index is 0.605. The summed E-state index contributed by atoms with van der Waals surface area (Å²) >= 11 is 2.64. The average molecular weight is 298 g/mol. The first-order valence-corrected chi connectivity index (χ1v) is 6.52. The van der Waals surface area contributed by atoms with Crippen LogP contribution in [0.2, 0.25) is 0 Å². The minimum atomic E-state index is 0.605. The number of alkyl halides is 1. The summed E-state index contributed by atoms with van der Waals surface area (Å²) < 4.78 is 0.696. The molecule has 0 aromatic heterocycles. The molecule has 0 spiro atoms. The Kier molecular flexibility index (Phi) is 1.80. The maximum absolute atomic E-state index is 2.64. The molecule has 0 nitrogen and oxygen atoms in total. The van der Waals surface area contributed by atoms with E-state index in [0.29, 0.717) is 8.84 Å². The largest absolute Gasteiger partial charge is 0.0788 e. The van der Waals surface area contributed by atoms with Gasteiger partial charge in [0.25, 0.3) is 0 Å². The van der Waals surface area contributed by atoms with Crippen LogP contribution in [0.25, 0.3) is 0 Å². The summed E-state index contributed by atoms with van der Waals surface area (Å²) in [5.74, 6) is 0. The Balaban J connectivity index is 1.85. The molecular weight excluding hydrogens is 283 g/mol. The molecule has 3 aliphatic rings. The monoisotopic (exact) mass is 298 g/mol. The van der Waals surface area contributed by atoms with E-state index in [1.54, 1.807) is 5.56 Å². The van der Waals surface area contributed by atoms with Crippen molar-refractivity contribution in [1.29, 1.82) is 0 Å². The van der Waals surface area contributed by atoms with Crippen molar-refractivity contribution in [3.05, 3.63) is 35.4 Å². The first-order chi connectivity index (χ1) is 6.66. The molecule has 0 saturated heterocycles. The van der Waals surface area contributed by atoms with E-state index in [9.17, 15) is 0 Å². The summed E-state index contributed by atoms with van der Waals surface area (Å²) in [6, 6.07) is 9.31. The Labute approximate surface area is 99.2 Å². The van der Waals surface area contributed by atoms with E-state index >= 15 is 0 Å². The second-order valence-corrected chi connectivity index (χ2v) is 7.30. The van der Waals surface area contributed by atoms with Crippen molar-refractivity contribution in [2.45, 2.75) is 41.4 Å². The zero-order valence-corrected chi connectivity index (χ0v) is 10.7. The van der Waals surface area contributed by atoms with Gasteiger partial charge < -0.3 is 0 Å². The Morgan fingerprint density at radius 3 is 2.14 bits per heavy atom. The molecule has 3 aliphatic carbocycles. The number of hydrogen-bond donors (Lipinski definition) is 0. The third-order valence-electron chi connectivity index (χ3n) is 3.94. The summed E-state index contributed by atoms with van der Waals surface area (Å²) in [6.45, 7) is 2.22. The third kappa shape index (κ3) is 1.11. The molecule has 4 rings (SSSR count). The lowest BCUT2D eigenvalue weighted by molar-refractivity contribution is 0.0220. The topological polar surface area (TPSA) is 0 Å². The van der Waals surface area contributed by atoms with Crippen LogP contribution in [0, 0.1) is 0 Å². The normalized spacial score (nSPS) is 38.7. The number of benzene rings is 1. The molecule has 2 bridgehead atoms. The molecule has 3 saturated carbocycles. The lowest BCUT2D eigenvalue weighted by Gasteiger charge is -2.68. The maximum atomic E-state index is 2.64. The van der Waals surface area contributed by atoms with Crippen LogP contribution >= 0.6 is 22.6 Å². The second-order valence-electron chi connectivity index (χ2n) is 5.01. The van der Waals surface area contributed by atoms with Crippen molar-refractivity contribution in [2.24, 2.45) is 0 Å². The van der Waals surface area contributed by atoms with E-state index < -0.39 is 0 Å². The molecule has 14 heavy (non-hydrogen) atoms. The van der Waals surface area contributed by atoms with Gasteiger partial charge in [0.1, 0.15) is 0 Å². The summed E-state index contributed by atoms with van der Waals surface area (Å²) in [5, 5.41) is 0. The molecule has 0 atom stereocenters. The van der Waals surface area contributed by atoms with Crippen molar-refractivity contribution in [3.8, 4) is 0 Å². The predicted molar refractivity (Wildman–Crippen MR) is 68.1 cm³/mol. The SMILES string of the molecule is CCc1ccc(C23CC(I)(C2)C3)cc1. The van der Waals surface area contributed by atoms with Crippen LogP contribution < -0.4 is 0 Å². The van der Waals surface area contributed by atoms with E-state index in [1.165, 1.54) is 24.8 Å². The highest BCUT2D eigenvalue weighted by Crippen LogP contribution is 2.72. The maximum Gasteiger partial charge on any atom is 0.0247 e. The molecular formula is C13H15I. The Hall–Kier alpha value is -0.0500. The fourth-order valence-corrected chi connectivity index (χ4v) is 5.25. The Bertz CT molecular complexity index is 344. The number of halogens is 1. The van der Waals surface area contributed by atoms with E-state index in [2.05, 4.69) is 53.8 Å². The van der Waals surface area contributed by atoms with Gasteiger partial charge in [-0.1, -0.05) is 53.8 Å². The fourth-order valence-electron chi connectivity index (χ4n) is 3.06. The summed E-state index contributed by atoms with van der Waals surface area (Å²) in [6.07, 6.45) is 5.42. The van der Waals surface area contributed by atoms with Crippen molar-refractivity contribution in [2.75, 3.05) is 0 Å². The van der Waals surface area contributed by atoms with Gasteiger partial charge in [0.2, 0.25) is 0 Å². The molecule has 0 amide bonds. The number of hydrogen-bond acceptors (Lipinski definition) is 0. The van der Waals surface area contributed by atoms with Gasteiger partial charge >= 0.3 is 0 Å². The number of rotatable bonds is 2. The Morgan fingerprint density at radius 1 is 1.14 bits per heavy atom. The predicted octanol–water partition coefficient (Wildman–Crippen LogP) is 3.86. The second kappa shape index (κ2) is 2.75. The van der Waals surface area contributed by atoms with Gasteiger partial charge in [0.15, 0.2) is 0 Å². The molecule has 3 fully saturated rings. The van der Waals surface area contributed by atoms with Crippen molar-refractivity contribution in [1.82, 2.24) is 0 Å². The molecule has 0 aliphatic heterocycles. The molecule has 1 aromatic rings. The lowest BCUT2D eigenvalue weighted by Crippen LogP contribution is -2.65. The zero-order chi connectivity index (χ0) is 9.81. The average Bonchev–Trinajstić information content (AvgIpc) is 2.12.